The van der Waals surface area contributed by atoms with Gasteiger partial charge in [-0.3, -0.25) is 9.59 Å². The third-order valence-electron chi connectivity index (χ3n) is 4.37. The Labute approximate surface area is 213 Å². The van der Waals surface area contributed by atoms with Crippen LogP contribution in [-0.4, -0.2) is 73.8 Å². The number of thiazole rings is 1. The number of anilines is 1. The molecule has 1 aromatic rings. The lowest BCUT2D eigenvalue weighted by Gasteiger charge is -2.46. The number of rotatable bonds is 8. The Morgan fingerprint density at radius 3 is 2.74 bits per heavy atom. The Bertz CT molecular complexity index is 1140. The average Bonchev–Trinajstić information content (AvgIpc) is 3.09. The number of nitrogens with one attached hydrogen (secondary N) is 1. The number of thioether (sulfide) groups is 1. The van der Waals surface area contributed by atoms with Gasteiger partial charge in [0.25, 0.3) is 11.8 Å². The summed E-state index contributed by atoms with van der Waals surface area (Å²) in [6.45, 7) is 5.01. The van der Waals surface area contributed by atoms with Crippen LogP contribution in [0.4, 0.5) is 5.13 Å². The SMILES string of the molecule is CC(C)(C)OC(=O)C=CCON=C(C(=O)NC1C(=O)N2C=C(C(=O)O)CS[C@H]12)c1nc(N)sc1Cl. The highest BCUT2D eigenvalue weighted by Gasteiger charge is 2.50. The maximum atomic E-state index is 13.0. The van der Waals surface area contributed by atoms with Crippen LogP contribution in [0.3, 0.4) is 0 Å². The van der Waals surface area contributed by atoms with E-state index >= 15 is 0 Å². The van der Waals surface area contributed by atoms with E-state index in [2.05, 4.69) is 15.5 Å². The molecule has 1 unspecified atom stereocenters. The number of nitrogens with two attached hydrogens (primary N) is 1. The van der Waals surface area contributed by atoms with E-state index in [4.69, 9.17) is 32.0 Å². The molecular weight excluding hydrogens is 522 g/mol. The van der Waals surface area contributed by atoms with Gasteiger partial charge in [-0.05, 0) is 26.8 Å². The lowest BCUT2D eigenvalue weighted by molar-refractivity contribution is -0.148. The molecular formula is C20H22ClN5O7S2. The maximum absolute atomic E-state index is 13.0. The zero-order valence-corrected chi connectivity index (χ0v) is 21.2. The van der Waals surface area contributed by atoms with E-state index in [1.165, 1.54) is 28.9 Å². The van der Waals surface area contributed by atoms with E-state index in [1.807, 2.05) is 0 Å². The normalized spacial score (nSPS) is 20.1. The molecule has 2 aliphatic rings. The molecule has 3 heterocycles. The molecule has 0 spiro atoms. The summed E-state index contributed by atoms with van der Waals surface area (Å²) < 4.78 is 5.22. The first-order valence-electron chi connectivity index (χ1n) is 10.1. The van der Waals surface area contributed by atoms with Crippen molar-refractivity contribution in [3.63, 3.8) is 0 Å². The van der Waals surface area contributed by atoms with Gasteiger partial charge in [0.05, 0.1) is 5.57 Å². The van der Waals surface area contributed by atoms with Crippen molar-refractivity contribution in [2.75, 3.05) is 18.1 Å². The average molecular weight is 544 g/mol. The van der Waals surface area contributed by atoms with Gasteiger partial charge >= 0.3 is 11.9 Å². The molecule has 4 N–H and O–H groups in total. The van der Waals surface area contributed by atoms with Gasteiger partial charge in [-0.1, -0.05) is 28.1 Å². The number of ether oxygens (including phenoxy) is 1. The van der Waals surface area contributed by atoms with Crippen LogP contribution in [0.1, 0.15) is 26.5 Å². The fourth-order valence-corrected chi connectivity index (χ4v) is 5.10. The number of carbonyl (C=O) groups is 4. The number of carbonyl (C=O) groups excluding carboxylic acids is 3. The number of fused-ring (bicyclic) bond motifs is 1. The van der Waals surface area contributed by atoms with Gasteiger partial charge in [-0.25, -0.2) is 14.6 Å². The Hall–Kier alpha value is -3.10. The number of amides is 2. The Morgan fingerprint density at radius 1 is 1.43 bits per heavy atom. The first-order valence-corrected chi connectivity index (χ1v) is 12.3. The van der Waals surface area contributed by atoms with E-state index in [-0.39, 0.29) is 38.8 Å². The van der Waals surface area contributed by atoms with Gasteiger partial charge in [-0.2, -0.15) is 0 Å². The number of nitrogen functional groups attached to an aromatic ring is 1. The van der Waals surface area contributed by atoms with Crippen LogP contribution in [0, 0.1) is 0 Å². The zero-order valence-electron chi connectivity index (χ0n) is 18.8. The summed E-state index contributed by atoms with van der Waals surface area (Å²) in [6, 6.07) is -0.911. The zero-order chi connectivity index (χ0) is 25.9. The van der Waals surface area contributed by atoms with Gasteiger partial charge in [-0.15, -0.1) is 11.8 Å². The number of aromatic nitrogens is 1. The maximum Gasteiger partial charge on any atom is 0.333 e. The minimum Gasteiger partial charge on any atom is -0.478 e. The number of oxime groups is 1. The summed E-state index contributed by atoms with van der Waals surface area (Å²) in [6.07, 6.45) is 3.78. The minimum atomic E-state index is -1.11. The van der Waals surface area contributed by atoms with Crippen molar-refractivity contribution in [3.8, 4) is 0 Å². The summed E-state index contributed by atoms with van der Waals surface area (Å²) in [5.41, 5.74) is 4.77. The summed E-state index contributed by atoms with van der Waals surface area (Å²) >= 11 is 8.27. The van der Waals surface area contributed by atoms with E-state index in [0.29, 0.717) is 0 Å². The second kappa shape index (κ2) is 10.7. The standard InChI is InChI=1S/C20H22ClN5O7S2/c1-20(2,3)33-10(27)5-4-6-32-25-12(11-14(21)35-19(22)24-11)15(28)23-13-16(29)26-7-9(18(30)31)8-34-17(13)26/h4-5,7,13,17H,6,8H2,1-3H3,(H2,22,24)(H,23,28)(H,30,31)/t13?,17-/m1/s1. The summed E-state index contributed by atoms with van der Waals surface area (Å²) in [5.74, 6) is -2.77. The number of carboxylic acid groups (broad SMARTS) is 1. The predicted molar refractivity (Wildman–Crippen MR) is 130 cm³/mol. The van der Waals surface area contributed by atoms with E-state index in [0.717, 1.165) is 17.4 Å². The Morgan fingerprint density at radius 2 is 2.14 bits per heavy atom. The van der Waals surface area contributed by atoms with Crippen molar-refractivity contribution in [1.29, 1.82) is 0 Å². The van der Waals surface area contributed by atoms with Crippen LogP contribution in [0.2, 0.25) is 4.34 Å². The third kappa shape index (κ3) is 6.52. The molecule has 0 aliphatic carbocycles. The topological polar surface area (TPSA) is 174 Å². The van der Waals surface area contributed by atoms with Crippen LogP contribution in [0.5, 0.6) is 0 Å². The number of β-lactam (4-membered cyclic amide) rings is 1. The molecule has 2 aliphatic heterocycles. The molecule has 0 bridgehead atoms. The van der Waals surface area contributed by atoms with E-state index in [1.54, 1.807) is 20.8 Å². The number of halogens is 1. The molecule has 2 atom stereocenters. The lowest BCUT2D eigenvalue weighted by atomic mass is 10.1. The number of hydrogen-bond donors (Lipinski definition) is 3. The van der Waals surface area contributed by atoms with Crippen LogP contribution in [-0.2, 0) is 28.8 Å². The monoisotopic (exact) mass is 543 g/mol. The first-order chi connectivity index (χ1) is 16.4. The molecule has 0 saturated carbocycles. The van der Waals surface area contributed by atoms with Crippen molar-refractivity contribution >= 4 is 69.3 Å². The number of aliphatic carboxylic acids is 1. The van der Waals surface area contributed by atoms with Gasteiger partial charge in [0, 0.05) is 18.0 Å². The molecule has 1 aromatic heterocycles. The number of nitrogens with zero attached hydrogens (tertiary/aromatic N) is 3. The molecule has 2 amide bonds. The molecule has 1 fully saturated rings. The Balaban J connectivity index is 1.69. The predicted octanol–water partition coefficient (Wildman–Crippen LogP) is 1.37. The molecule has 0 aromatic carbocycles. The van der Waals surface area contributed by atoms with Crippen LogP contribution >= 0.6 is 34.7 Å². The minimum absolute atomic E-state index is 0.0317. The smallest absolute Gasteiger partial charge is 0.333 e. The van der Waals surface area contributed by atoms with Gasteiger partial charge in [0.15, 0.2) is 10.8 Å². The molecule has 15 heteroatoms. The van der Waals surface area contributed by atoms with Gasteiger partial charge < -0.3 is 30.6 Å². The molecule has 35 heavy (non-hydrogen) atoms. The Kier molecular flexibility index (Phi) is 8.07. The van der Waals surface area contributed by atoms with E-state index in [9.17, 15) is 19.2 Å². The van der Waals surface area contributed by atoms with Crippen molar-refractivity contribution in [2.24, 2.45) is 5.16 Å². The van der Waals surface area contributed by atoms with E-state index < -0.39 is 40.8 Å². The molecule has 1 saturated heterocycles. The molecule has 0 radical (unpaired) electrons. The van der Waals surface area contributed by atoms with Gasteiger partial charge in [0.2, 0.25) is 0 Å². The fourth-order valence-electron chi connectivity index (χ4n) is 2.92. The van der Waals surface area contributed by atoms with Crippen molar-refractivity contribution in [1.82, 2.24) is 15.2 Å². The summed E-state index contributed by atoms with van der Waals surface area (Å²) in [7, 11) is 0. The quantitative estimate of drug-likeness (QED) is 0.108. The number of hydrogen-bond acceptors (Lipinski definition) is 11. The fraction of sp³-hybridized carbons (Fsp3) is 0.400. The third-order valence-corrected chi connectivity index (χ3v) is 6.78. The van der Waals surface area contributed by atoms with Crippen molar-refractivity contribution in [3.05, 3.63) is 34.0 Å². The highest BCUT2D eigenvalue weighted by molar-refractivity contribution is 8.00. The second-order valence-electron chi connectivity index (χ2n) is 8.20. The van der Waals surface area contributed by atoms with Gasteiger partial charge in [0.1, 0.15) is 33.7 Å². The number of carboxylic acids is 1. The highest BCUT2D eigenvalue weighted by atomic mass is 35.5. The first kappa shape index (κ1) is 26.5. The largest absolute Gasteiger partial charge is 0.478 e. The van der Waals surface area contributed by atoms with Crippen LogP contribution < -0.4 is 11.1 Å². The van der Waals surface area contributed by atoms with Crippen LogP contribution in [0.25, 0.3) is 0 Å². The second-order valence-corrected chi connectivity index (χ2v) is 10.9. The summed E-state index contributed by atoms with van der Waals surface area (Å²) in [4.78, 5) is 58.7. The molecule has 3 rings (SSSR count). The molecule has 12 nitrogen and oxygen atoms in total. The molecule has 188 valence electrons. The van der Waals surface area contributed by atoms with Crippen LogP contribution in [0.15, 0.2) is 29.1 Å². The lowest BCUT2D eigenvalue weighted by Crippen LogP contribution is -2.69. The van der Waals surface area contributed by atoms with Crippen molar-refractivity contribution in [2.45, 2.75) is 37.8 Å². The summed E-state index contributed by atoms with van der Waals surface area (Å²) in [5, 5.41) is 15.1. The highest BCUT2D eigenvalue weighted by Crippen LogP contribution is 2.36. The number of esters is 1. The van der Waals surface area contributed by atoms with Crippen molar-refractivity contribution < 1.29 is 33.9 Å².